The first kappa shape index (κ1) is 24.6. The van der Waals surface area contributed by atoms with E-state index >= 15 is 0 Å². The zero-order chi connectivity index (χ0) is 24.2. The van der Waals surface area contributed by atoms with Crippen molar-refractivity contribution in [3.05, 3.63) is 94.3 Å². The van der Waals surface area contributed by atoms with Crippen molar-refractivity contribution in [2.24, 2.45) is 0 Å². The second kappa shape index (κ2) is 9.82. The molecule has 1 aromatic heterocycles. The standard InChI is InChI=1S/C22H13BrF3NO.BF4/c23-16-9-10-20-18(12-16)19(13-21(28-20)14-5-2-1-3-6-14)27-17-8-4-7-15(11-17)22(24,25)26;2-1(3,4)5/h1-13H;/q;-1/p+1. The number of rotatable bonds is 2. The zero-order valence-corrected chi connectivity index (χ0v) is 18.1. The van der Waals surface area contributed by atoms with Gasteiger partial charge >= 0.3 is 13.4 Å². The Kier molecular flexibility index (Phi) is 7.31. The molecule has 172 valence electrons. The van der Waals surface area contributed by atoms with Gasteiger partial charge in [0.1, 0.15) is 11.3 Å². The molecule has 33 heavy (non-hydrogen) atoms. The molecular weight excluding hydrogens is 518 g/mol. The van der Waals surface area contributed by atoms with Gasteiger partial charge in [-0.15, -0.1) is 0 Å². The van der Waals surface area contributed by atoms with Crippen LogP contribution in [0.25, 0.3) is 22.3 Å². The van der Waals surface area contributed by atoms with Crippen LogP contribution in [0.1, 0.15) is 5.56 Å². The van der Waals surface area contributed by atoms with Crippen LogP contribution < -0.4 is 10.3 Å². The molecule has 4 aromatic rings. The molecule has 11 heteroatoms. The summed E-state index contributed by atoms with van der Waals surface area (Å²) >= 11 is 3.43. The van der Waals surface area contributed by atoms with E-state index in [1.807, 2.05) is 48.5 Å². The number of benzene rings is 3. The number of hydrogen-bond acceptors (Lipinski definition) is 1. The molecule has 3 aromatic carbocycles. The zero-order valence-electron chi connectivity index (χ0n) is 16.5. The van der Waals surface area contributed by atoms with E-state index in [9.17, 15) is 30.4 Å². The molecule has 0 spiro atoms. The first-order valence-electron chi connectivity index (χ1n) is 9.33. The van der Waals surface area contributed by atoms with Gasteiger partial charge in [0.15, 0.2) is 0 Å². The number of halogens is 8. The maximum atomic E-state index is 13.0. The predicted molar refractivity (Wildman–Crippen MR) is 115 cm³/mol. The minimum absolute atomic E-state index is 0.348. The topological polar surface area (TPSA) is 27.1 Å². The molecule has 0 unspecified atom stereocenters. The van der Waals surface area contributed by atoms with Crippen LogP contribution in [0.15, 0.2) is 87.8 Å². The van der Waals surface area contributed by atoms with E-state index in [1.165, 1.54) is 6.07 Å². The lowest BCUT2D eigenvalue weighted by molar-refractivity contribution is -0.401. The van der Waals surface area contributed by atoms with Crippen molar-refractivity contribution < 1.29 is 39.8 Å². The van der Waals surface area contributed by atoms with E-state index < -0.39 is 19.0 Å². The fraction of sp³-hybridized carbons (Fsp3) is 0.0455. The lowest BCUT2D eigenvalue weighted by Gasteiger charge is -2.05. The quantitative estimate of drug-likeness (QED) is 0.232. The van der Waals surface area contributed by atoms with Gasteiger partial charge in [0.2, 0.25) is 11.0 Å². The maximum absolute atomic E-state index is 13.0. The van der Waals surface area contributed by atoms with Gasteiger partial charge in [-0.2, -0.15) is 13.2 Å². The third-order valence-corrected chi connectivity index (χ3v) is 4.75. The number of nitrogens with one attached hydrogen (secondary N) is 1. The summed E-state index contributed by atoms with van der Waals surface area (Å²) in [7, 11) is -6.00. The lowest BCUT2D eigenvalue weighted by atomic mass is 10.1. The third-order valence-electron chi connectivity index (χ3n) is 4.25. The highest BCUT2D eigenvalue weighted by Crippen LogP contribution is 2.29. The highest BCUT2D eigenvalue weighted by Gasteiger charge is 2.31. The normalized spacial score (nSPS) is 12.4. The Morgan fingerprint density at radius 1 is 0.788 bits per heavy atom. The van der Waals surface area contributed by atoms with Gasteiger partial charge in [-0.1, -0.05) is 52.3 Å². The van der Waals surface area contributed by atoms with E-state index in [4.69, 9.17) is 4.42 Å². The summed E-state index contributed by atoms with van der Waals surface area (Å²) in [5.74, 6) is 0.616. The van der Waals surface area contributed by atoms with Gasteiger partial charge < -0.3 is 21.7 Å². The van der Waals surface area contributed by atoms with Crippen LogP contribution in [-0.2, 0) is 6.18 Å². The van der Waals surface area contributed by atoms with Gasteiger partial charge in [-0.25, -0.2) is 4.99 Å². The molecule has 0 fully saturated rings. The molecule has 0 saturated carbocycles. The highest BCUT2D eigenvalue weighted by molar-refractivity contribution is 9.10. The van der Waals surface area contributed by atoms with Crippen LogP contribution in [0.5, 0.6) is 0 Å². The average molecular weight is 532 g/mol. The highest BCUT2D eigenvalue weighted by atomic mass is 79.9. The molecule has 1 heterocycles. The first-order chi connectivity index (χ1) is 15.4. The molecule has 0 saturated heterocycles. The van der Waals surface area contributed by atoms with Crippen LogP contribution >= 0.6 is 15.9 Å². The van der Waals surface area contributed by atoms with Crippen molar-refractivity contribution in [1.82, 2.24) is 0 Å². The summed E-state index contributed by atoms with van der Waals surface area (Å²) in [4.78, 5) is 3.12. The molecule has 2 nitrogen and oxygen atoms in total. The fourth-order valence-corrected chi connectivity index (χ4v) is 3.30. The van der Waals surface area contributed by atoms with Crippen molar-refractivity contribution in [2.75, 3.05) is 0 Å². The molecule has 1 N–H and O–H groups in total. The van der Waals surface area contributed by atoms with Gasteiger partial charge in [0.05, 0.1) is 17.0 Å². The first-order valence-corrected chi connectivity index (χ1v) is 10.1. The molecule has 4 rings (SSSR count). The average Bonchev–Trinajstić information content (AvgIpc) is 2.73. The fourth-order valence-electron chi connectivity index (χ4n) is 2.94. The van der Waals surface area contributed by atoms with Gasteiger partial charge in [-0.3, -0.25) is 0 Å². The van der Waals surface area contributed by atoms with Crippen molar-refractivity contribution in [1.29, 1.82) is 0 Å². The Bertz CT molecular complexity index is 1310. The Morgan fingerprint density at radius 3 is 2.09 bits per heavy atom. The second-order valence-electron chi connectivity index (χ2n) is 6.73. The van der Waals surface area contributed by atoms with Gasteiger partial charge in [0.25, 0.3) is 0 Å². The van der Waals surface area contributed by atoms with Crippen LogP contribution in [0.3, 0.4) is 0 Å². The largest absolute Gasteiger partial charge is 0.673 e. The van der Waals surface area contributed by atoms with Crippen LogP contribution in [0.2, 0.25) is 0 Å². The third kappa shape index (κ3) is 7.21. The Hall–Kier alpha value is -3.08. The van der Waals surface area contributed by atoms with E-state index in [1.54, 1.807) is 12.1 Å². The van der Waals surface area contributed by atoms with Gasteiger partial charge in [0, 0.05) is 22.2 Å². The molecular formula is C22H14BBrF7NO. The summed E-state index contributed by atoms with van der Waals surface area (Å²) < 4.78 is 85.0. The molecule has 0 atom stereocenters. The van der Waals surface area contributed by atoms with E-state index in [0.717, 1.165) is 27.6 Å². The lowest BCUT2D eigenvalue weighted by Crippen LogP contribution is -2.70. The minimum atomic E-state index is -6.00. The Balaban J connectivity index is 0.000000555. The summed E-state index contributed by atoms with van der Waals surface area (Å²) in [6, 6.07) is 22.0. The summed E-state index contributed by atoms with van der Waals surface area (Å²) in [6.45, 7) is 0. The van der Waals surface area contributed by atoms with Crippen molar-refractivity contribution in [3.8, 4) is 11.3 Å². The van der Waals surface area contributed by atoms with Crippen LogP contribution in [-0.4, -0.2) is 7.25 Å². The molecule has 0 amide bonds. The predicted octanol–water partition coefficient (Wildman–Crippen LogP) is 6.49. The van der Waals surface area contributed by atoms with Crippen molar-refractivity contribution in [3.63, 3.8) is 0 Å². The second-order valence-corrected chi connectivity index (χ2v) is 7.64. The van der Waals surface area contributed by atoms with Crippen molar-refractivity contribution in [2.45, 2.75) is 6.18 Å². The Morgan fingerprint density at radius 2 is 1.45 bits per heavy atom. The number of hydrogen-bond donors (Lipinski definition) is 1. The Labute approximate surface area is 191 Å². The van der Waals surface area contributed by atoms with E-state index in [2.05, 4.69) is 20.9 Å². The SMILES string of the molecule is FC(F)(F)c1cccc([NH+]=c2cc(-c3ccccc3)oc3ccc(Br)cc23)c1.F[B-](F)(F)F. The number of alkyl halides is 3. The summed E-state index contributed by atoms with van der Waals surface area (Å²) in [5, 5.41) is 1.41. The molecule has 0 aliphatic rings. The number of fused-ring (bicyclic) bond motifs is 1. The van der Waals surface area contributed by atoms with Crippen LogP contribution in [0, 0.1) is 0 Å². The summed E-state index contributed by atoms with van der Waals surface area (Å²) in [6.07, 6.45) is -4.40. The smallest absolute Gasteiger partial charge is 0.456 e. The maximum Gasteiger partial charge on any atom is 0.673 e. The van der Waals surface area contributed by atoms with E-state index in [-0.39, 0.29) is 0 Å². The molecule has 0 radical (unpaired) electrons. The summed E-state index contributed by atoms with van der Waals surface area (Å²) in [5.41, 5.74) is 1.15. The molecule has 0 bridgehead atoms. The van der Waals surface area contributed by atoms with Gasteiger partial charge in [-0.05, 0) is 24.3 Å². The molecule has 0 aliphatic carbocycles. The molecule has 0 aliphatic heterocycles. The monoisotopic (exact) mass is 531 g/mol. The van der Waals surface area contributed by atoms with Crippen LogP contribution in [0.4, 0.5) is 36.1 Å². The van der Waals surface area contributed by atoms with E-state index in [0.29, 0.717) is 22.4 Å². The van der Waals surface area contributed by atoms with Crippen molar-refractivity contribution >= 4 is 39.8 Å². The minimum Gasteiger partial charge on any atom is -0.456 e.